The maximum atomic E-state index is 13.0. The molecule has 0 radical (unpaired) electrons. The SMILES string of the molecule is Cc1c(C(=O)OCCOc2ccccc2)sc2ncn(CC(=O)OCCc3ccccc3)c(=O)c12. The van der Waals surface area contributed by atoms with Gasteiger partial charge < -0.3 is 14.2 Å². The summed E-state index contributed by atoms with van der Waals surface area (Å²) in [6.45, 7) is 1.89. The summed E-state index contributed by atoms with van der Waals surface area (Å²) in [4.78, 5) is 42.8. The predicted octanol–water partition coefficient (Wildman–Crippen LogP) is 3.79. The number of nitrogens with zero attached hydrogens (tertiary/aromatic N) is 2. The lowest BCUT2D eigenvalue weighted by molar-refractivity contribution is -0.144. The van der Waals surface area contributed by atoms with Crippen LogP contribution in [0.4, 0.5) is 0 Å². The summed E-state index contributed by atoms with van der Waals surface area (Å²) in [5.74, 6) is -0.395. The van der Waals surface area contributed by atoms with E-state index in [1.807, 2.05) is 60.7 Å². The van der Waals surface area contributed by atoms with Crippen molar-refractivity contribution < 1.29 is 23.8 Å². The summed E-state index contributed by atoms with van der Waals surface area (Å²) in [6.07, 6.45) is 1.88. The summed E-state index contributed by atoms with van der Waals surface area (Å²) < 4.78 is 17.3. The van der Waals surface area contributed by atoms with Crippen LogP contribution in [0.2, 0.25) is 0 Å². The Morgan fingerprint density at radius 3 is 2.40 bits per heavy atom. The smallest absolute Gasteiger partial charge is 0.348 e. The van der Waals surface area contributed by atoms with Crippen molar-refractivity contribution in [3.05, 3.63) is 93.3 Å². The Morgan fingerprint density at radius 1 is 0.943 bits per heavy atom. The van der Waals surface area contributed by atoms with Crippen molar-refractivity contribution in [3.63, 3.8) is 0 Å². The summed E-state index contributed by atoms with van der Waals surface area (Å²) >= 11 is 1.08. The predicted molar refractivity (Wildman–Crippen MR) is 132 cm³/mol. The molecule has 0 saturated heterocycles. The number of aryl methyl sites for hydroxylation is 1. The molecule has 0 saturated carbocycles. The number of carbonyl (C=O) groups excluding carboxylic acids is 2. The van der Waals surface area contributed by atoms with Gasteiger partial charge in [-0.2, -0.15) is 0 Å². The monoisotopic (exact) mass is 492 g/mol. The summed E-state index contributed by atoms with van der Waals surface area (Å²) in [7, 11) is 0. The van der Waals surface area contributed by atoms with Crippen LogP contribution in [0.25, 0.3) is 10.2 Å². The Morgan fingerprint density at radius 2 is 1.66 bits per heavy atom. The largest absolute Gasteiger partial charge is 0.490 e. The number of aromatic nitrogens is 2. The quantitative estimate of drug-likeness (QED) is 0.245. The lowest BCUT2D eigenvalue weighted by Crippen LogP contribution is -2.26. The van der Waals surface area contributed by atoms with Gasteiger partial charge in [0.1, 0.15) is 35.2 Å². The van der Waals surface area contributed by atoms with Crippen molar-refractivity contribution in [2.24, 2.45) is 0 Å². The van der Waals surface area contributed by atoms with Gasteiger partial charge in [-0.1, -0.05) is 48.5 Å². The van der Waals surface area contributed by atoms with Gasteiger partial charge in [0.15, 0.2) is 0 Å². The third kappa shape index (κ3) is 6.13. The van der Waals surface area contributed by atoms with E-state index in [4.69, 9.17) is 14.2 Å². The molecular formula is C26H24N2O6S. The fourth-order valence-electron chi connectivity index (χ4n) is 3.45. The number of rotatable bonds is 10. The minimum atomic E-state index is -0.548. The number of esters is 2. The molecular weight excluding hydrogens is 468 g/mol. The molecule has 9 heteroatoms. The van der Waals surface area contributed by atoms with Crippen LogP contribution in [-0.2, 0) is 27.2 Å². The van der Waals surface area contributed by atoms with E-state index in [1.165, 1.54) is 10.9 Å². The third-order valence-corrected chi connectivity index (χ3v) is 6.41. The number of thiophene rings is 1. The van der Waals surface area contributed by atoms with E-state index in [2.05, 4.69) is 4.98 Å². The number of carbonyl (C=O) groups is 2. The van der Waals surface area contributed by atoms with Crippen molar-refractivity contribution in [1.29, 1.82) is 0 Å². The van der Waals surface area contributed by atoms with Crippen molar-refractivity contribution in [2.45, 2.75) is 19.9 Å². The molecule has 180 valence electrons. The molecule has 8 nitrogen and oxygen atoms in total. The second kappa shape index (κ2) is 11.4. The molecule has 0 aliphatic carbocycles. The van der Waals surface area contributed by atoms with E-state index in [1.54, 1.807) is 6.92 Å². The van der Waals surface area contributed by atoms with Gasteiger partial charge >= 0.3 is 11.9 Å². The maximum absolute atomic E-state index is 13.0. The van der Waals surface area contributed by atoms with E-state index >= 15 is 0 Å². The molecule has 4 rings (SSSR count). The number of hydrogen-bond acceptors (Lipinski definition) is 8. The van der Waals surface area contributed by atoms with Crippen LogP contribution in [0.1, 0.15) is 20.8 Å². The van der Waals surface area contributed by atoms with Crippen LogP contribution < -0.4 is 10.3 Å². The Bertz CT molecular complexity index is 1370. The zero-order valence-corrected chi connectivity index (χ0v) is 20.0. The van der Waals surface area contributed by atoms with Gasteiger partial charge in [0, 0.05) is 6.42 Å². The molecule has 2 aromatic heterocycles. The highest BCUT2D eigenvalue weighted by molar-refractivity contribution is 7.20. The molecule has 0 aliphatic heterocycles. The van der Waals surface area contributed by atoms with Gasteiger partial charge in [0.25, 0.3) is 5.56 Å². The van der Waals surface area contributed by atoms with Crippen molar-refractivity contribution in [3.8, 4) is 5.75 Å². The molecule has 0 atom stereocenters. The lowest BCUT2D eigenvalue weighted by atomic mass is 10.2. The topological polar surface area (TPSA) is 96.7 Å². The van der Waals surface area contributed by atoms with E-state index in [9.17, 15) is 14.4 Å². The minimum Gasteiger partial charge on any atom is -0.490 e. The molecule has 0 aliphatic rings. The molecule has 4 aromatic rings. The van der Waals surface area contributed by atoms with Crippen LogP contribution in [0.5, 0.6) is 5.75 Å². The van der Waals surface area contributed by atoms with E-state index in [0.717, 1.165) is 16.9 Å². The standard InChI is InChI=1S/C26H24N2O6S/c1-18-22-24(35-23(18)26(31)34-15-14-32-20-10-6-3-7-11-20)27-17-28(25(22)30)16-21(29)33-13-12-19-8-4-2-5-9-19/h2-11,17H,12-16H2,1H3. The van der Waals surface area contributed by atoms with Crippen LogP contribution in [-0.4, -0.2) is 41.3 Å². The first-order valence-electron chi connectivity index (χ1n) is 11.1. The second-order valence-electron chi connectivity index (χ2n) is 7.67. The molecule has 0 spiro atoms. The number of para-hydroxylation sites is 1. The fourth-order valence-corrected chi connectivity index (χ4v) is 4.49. The average Bonchev–Trinajstić information content (AvgIpc) is 3.22. The van der Waals surface area contributed by atoms with E-state index in [-0.39, 0.29) is 26.4 Å². The highest BCUT2D eigenvalue weighted by Gasteiger charge is 2.21. The normalized spacial score (nSPS) is 10.8. The Labute approximate surface area is 205 Å². The van der Waals surface area contributed by atoms with Gasteiger partial charge in [-0.3, -0.25) is 14.2 Å². The molecule has 0 N–H and O–H groups in total. The first kappa shape index (κ1) is 24.2. The second-order valence-corrected chi connectivity index (χ2v) is 8.67. The highest BCUT2D eigenvalue weighted by Crippen LogP contribution is 2.27. The van der Waals surface area contributed by atoms with Gasteiger partial charge in [0.2, 0.25) is 0 Å². The molecule has 0 amide bonds. The number of fused-ring (bicyclic) bond motifs is 1. The first-order valence-corrected chi connectivity index (χ1v) is 11.9. The summed E-state index contributed by atoms with van der Waals surface area (Å²) in [5, 5.41) is 0.294. The summed E-state index contributed by atoms with van der Waals surface area (Å²) in [5.41, 5.74) is 1.12. The molecule has 0 fully saturated rings. The zero-order chi connectivity index (χ0) is 24.6. The Balaban J connectivity index is 1.36. The molecule has 0 bridgehead atoms. The van der Waals surface area contributed by atoms with Crippen molar-refractivity contribution in [2.75, 3.05) is 19.8 Å². The number of hydrogen-bond donors (Lipinski definition) is 0. The molecule has 2 aromatic carbocycles. The molecule has 0 unspecified atom stereocenters. The van der Waals surface area contributed by atoms with Gasteiger partial charge in [0.05, 0.1) is 18.3 Å². The Hall–Kier alpha value is -3.98. The van der Waals surface area contributed by atoms with Gasteiger partial charge in [-0.15, -0.1) is 11.3 Å². The van der Waals surface area contributed by atoms with E-state index in [0.29, 0.717) is 32.8 Å². The van der Waals surface area contributed by atoms with Gasteiger partial charge in [-0.05, 0) is 30.2 Å². The van der Waals surface area contributed by atoms with Crippen molar-refractivity contribution in [1.82, 2.24) is 9.55 Å². The van der Waals surface area contributed by atoms with E-state index < -0.39 is 17.5 Å². The van der Waals surface area contributed by atoms with Crippen LogP contribution >= 0.6 is 11.3 Å². The van der Waals surface area contributed by atoms with Crippen LogP contribution in [0.15, 0.2) is 71.8 Å². The highest BCUT2D eigenvalue weighted by atomic mass is 32.1. The zero-order valence-electron chi connectivity index (χ0n) is 19.1. The van der Waals surface area contributed by atoms with Crippen LogP contribution in [0.3, 0.4) is 0 Å². The fraction of sp³-hybridized carbons (Fsp3) is 0.231. The van der Waals surface area contributed by atoms with Gasteiger partial charge in [-0.25, -0.2) is 9.78 Å². The minimum absolute atomic E-state index is 0.0634. The number of ether oxygens (including phenoxy) is 3. The third-order valence-electron chi connectivity index (χ3n) is 5.23. The molecule has 2 heterocycles. The maximum Gasteiger partial charge on any atom is 0.348 e. The van der Waals surface area contributed by atoms with Crippen molar-refractivity contribution >= 4 is 33.5 Å². The van der Waals surface area contributed by atoms with Crippen LogP contribution in [0, 0.1) is 6.92 Å². The Kier molecular flexibility index (Phi) is 7.89. The first-order chi connectivity index (χ1) is 17.0. The average molecular weight is 493 g/mol. The summed E-state index contributed by atoms with van der Waals surface area (Å²) in [6, 6.07) is 18.9. The number of benzene rings is 2. The molecule has 35 heavy (non-hydrogen) atoms. The lowest BCUT2D eigenvalue weighted by Gasteiger charge is -2.07.